The molecule has 174 valence electrons. The molecule has 3 aliphatic heterocycles. The number of aliphatic hydroxyl groups excluding tert-OH is 6. The fraction of sp³-hybridized carbons (Fsp3) is 0.889. The molecule has 0 radical (unpaired) electrons. The SMILES string of the molecule is C=CCOC[C@@H](O)COC[C@@H]1O[C@H](O[C@H]2[C@H]3OC[C@H]2O[C@H](O)[C@H]3O)[C@@H](O)[C@H](O)[C@H]1O. The molecule has 0 aromatic rings. The molecule has 0 spiro atoms. The van der Waals surface area contributed by atoms with Gasteiger partial charge in [0.1, 0.15) is 54.9 Å². The zero-order valence-electron chi connectivity index (χ0n) is 16.3. The van der Waals surface area contributed by atoms with Gasteiger partial charge < -0.3 is 59.1 Å². The van der Waals surface area contributed by atoms with E-state index in [4.69, 9.17) is 28.4 Å². The minimum atomic E-state index is -1.59. The smallest absolute Gasteiger partial charge is 0.187 e. The highest BCUT2D eigenvalue weighted by Crippen LogP contribution is 2.34. The summed E-state index contributed by atoms with van der Waals surface area (Å²) in [5.74, 6) is 0. The summed E-state index contributed by atoms with van der Waals surface area (Å²) in [6.07, 6.45) is -11.7. The summed E-state index contributed by atoms with van der Waals surface area (Å²) in [6.45, 7) is 3.57. The highest BCUT2D eigenvalue weighted by atomic mass is 16.7. The summed E-state index contributed by atoms with van der Waals surface area (Å²) >= 11 is 0. The molecule has 2 bridgehead atoms. The first kappa shape index (κ1) is 23.9. The maximum atomic E-state index is 10.2. The van der Waals surface area contributed by atoms with E-state index in [1.807, 2.05) is 0 Å². The van der Waals surface area contributed by atoms with Crippen LogP contribution in [0.1, 0.15) is 0 Å². The van der Waals surface area contributed by atoms with E-state index < -0.39 is 67.5 Å². The number of rotatable bonds is 10. The van der Waals surface area contributed by atoms with E-state index in [0.717, 1.165) is 0 Å². The van der Waals surface area contributed by atoms with Crippen LogP contribution in [0.4, 0.5) is 0 Å². The molecule has 12 heteroatoms. The molecule has 0 amide bonds. The Morgan fingerprint density at radius 2 is 1.70 bits per heavy atom. The third-order valence-corrected chi connectivity index (χ3v) is 5.18. The Bertz CT molecular complexity index is 549. The van der Waals surface area contributed by atoms with Crippen LogP contribution in [0.5, 0.6) is 0 Å². The van der Waals surface area contributed by atoms with Crippen molar-refractivity contribution in [1.29, 1.82) is 0 Å². The topological polar surface area (TPSA) is 177 Å². The van der Waals surface area contributed by atoms with Crippen LogP contribution in [0.2, 0.25) is 0 Å². The lowest BCUT2D eigenvalue weighted by Gasteiger charge is -2.43. The summed E-state index contributed by atoms with van der Waals surface area (Å²) < 4.78 is 32.3. The average Bonchev–Trinajstić information content (AvgIpc) is 3.03. The van der Waals surface area contributed by atoms with Crippen molar-refractivity contribution in [3.05, 3.63) is 12.7 Å². The fourth-order valence-corrected chi connectivity index (χ4v) is 3.58. The molecular weight excluding hydrogens is 408 g/mol. The van der Waals surface area contributed by atoms with Gasteiger partial charge in [0.15, 0.2) is 12.6 Å². The lowest BCUT2D eigenvalue weighted by atomic mass is 9.98. The Kier molecular flexibility index (Phi) is 8.55. The van der Waals surface area contributed by atoms with E-state index in [-0.39, 0.29) is 33.0 Å². The van der Waals surface area contributed by atoms with E-state index in [1.165, 1.54) is 0 Å². The van der Waals surface area contributed by atoms with Crippen molar-refractivity contribution < 1.29 is 59.1 Å². The van der Waals surface area contributed by atoms with Gasteiger partial charge >= 0.3 is 0 Å². The van der Waals surface area contributed by atoms with Crippen LogP contribution in [0.15, 0.2) is 12.7 Å². The van der Waals surface area contributed by atoms with E-state index in [1.54, 1.807) is 6.08 Å². The molecule has 0 unspecified atom stereocenters. The van der Waals surface area contributed by atoms with E-state index in [0.29, 0.717) is 0 Å². The van der Waals surface area contributed by atoms with Crippen LogP contribution in [0.25, 0.3) is 0 Å². The summed E-state index contributed by atoms with van der Waals surface area (Å²) in [7, 11) is 0. The molecule has 0 aromatic carbocycles. The Morgan fingerprint density at radius 3 is 2.43 bits per heavy atom. The fourth-order valence-electron chi connectivity index (χ4n) is 3.58. The van der Waals surface area contributed by atoms with Crippen LogP contribution in [0, 0.1) is 0 Å². The Labute approximate surface area is 173 Å². The van der Waals surface area contributed by atoms with Crippen LogP contribution in [0.3, 0.4) is 0 Å². The van der Waals surface area contributed by atoms with E-state index >= 15 is 0 Å². The molecule has 0 aromatic heterocycles. The predicted octanol–water partition coefficient (Wildman–Crippen LogP) is -3.76. The van der Waals surface area contributed by atoms with Crippen molar-refractivity contribution in [2.24, 2.45) is 0 Å². The molecule has 12 nitrogen and oxygen atoms in total. The van der Waals surface area contributed by atoms with Crippen molar-refractivity contribution in [2.75, 3.05) is 33.0 Å². The van der Waals surface area contributed by atoms with Gasteiger partial charge in [-0.3, -0.25) is 0 Å². The van der Waals surface area contributed by atoms with E-state index in [2.05, 4.69) is 6.58 Å². The first-order chi connectivity index (χ1) is 14.3. The number of aliphatic hydroxyl groups is 6. The zero-order valence-corrected chi connectivity index (χ0v) is 16.3. The quantitative estimate of drug-likeness (QED) is 0.145. The lowest BCUT2D eigenvalue weighted by molar-refractivity contribution is -0.338. The van der Waals surface area contributed by atoms with Gasteiger partial charge in [0.2, 0.25) is 0 Å². The lowest BCUT2D eigenvalue weighted by Crippen LogP contribution is -2.62. The predicted molar refractivity (Wildman–Crippen MR) is 96.0 cm³/mol. The minimum absolute atomic E-state index is 0.0335. The summed E-state index contributed by atoms with van der Waals surface area (Å²) in [5.41, 5.74) is 0. The zero-order chi connectivity index (χ0) is 21.8. The summed E-state index contributed by atoms with van der Waals surface area (Å²) in [6, 6.07) is 0. The average molecular weight is 438 g/mol. The number of hydrogen-bond donors (Lipinski definition) is 6. The number of hydrogen-bond acceptors (Lipinski definition) is 12. The highest BCUT2D eigenvalue weighted by Gasteiger charge is 2.54. The monoisotopic (exact) mass is 438 g/mol. The van der Waals surface area contributed by atoms with E-state index in [9.17, 15) is 30.6 Å². The molecular formula is C18H30O12. The molecule has 3 fully saturated rings. The normalized spacial score (nSPS) is 44.7. The van der Waals surface area contributed by atoms with Crippen LogP contribution in [-0.4, -0.2) is 131 Å². The van der Waals surface area contributed by atoms with Gasteiger partial charge in [0, 0.05) is 0 Å². The summed E-state index contributed by atoms with van der Waals surface area (Å²) in [5, 5.41) is 60.0. The van der Waals surface area contributed by atoms with Crippen LogP contribution in [-0.2, 0) is 28.4 Å². The van der Waals surface area contributed by atoms with Crippen molar-refractivity contribution in [3.63, 3.8) is 0 Å². The minimum Gasteiger partial charge on any atom is -0.388 e. The van der Waals surface area contributed by atoms with Gasteiger partial charge in [-0.05, 0) is 0 Å². The van der Waals surface area contributed by atoms with Crippen LogP contribution < -0.4 is 0 Å². The Balaban J connectivity index is 1.52. The third kappa shape index (κ3) is 5.35. The van der Waals surface area contributed by atoms with Gasteiger partial charge in [-0.2, -0.15) is 0 Å². The number of ether oxygens (including phenoxy) is 6. The molecule has 0 aliphatic carbocycles. The van der Waals surface area contributed by atoms with Crippen LogP contribution >= 0.6 is 0 Å². The molecule has 3 heterocycles. The Morgan fingerprint density at radius 1 is 0.967 bits per heavy atom. The van der Waals surface area contributed by atoms with Gasteiger partial charge in [0.05, 0.1) is 33.0 Å². The number of fused-ring (bicyclic) bond motifs is 2. The van der Waals surface area contributed by atoms with Gasteiger partial charge in [-0.25, -0.2) is 0 Å². The van der Waals surface area contributed by atoms with Gasteiger partial charge in [-0.15, -0.1) is 6.58 Å². The second-order valence-electron chi connectivity index (χ2n) is 7.49. The highest BCUT2D eigenvalue weighted by molar-refractivity contribution is 4.98. The molecule has 3 aliphatic rings. The molecule has 3 saturated heterocycles. The first-order valence-electron chi connectivity index (χ1n) is 9.76. The molecule has 11 atom stereocenters. The van der Waals surface area contributed by atoms with Gasteiger partial charge in [0.25, 0.3) is 0 Å². The second kappa shape index (κ2) is 10.7. The molecule has 30 heavy (non-hydrogen) atoms. The van der Waals surface area contributed by atoms with Gasteiger partial charge in [-0.1, -0.05) is 6.08 Å². The second-order valence-corrected chi connectivity index (χ2v) is 7.49. The summed E-state index contributed by atoms with van der Waals surface area (Å²) in [4.78, 5) is 0. The maximum absolute atomic E-state index is 10.2. The molecule has 3 rings (SSSR count). The third-order valence-electron chi connectivity index (χ3n) is 5.18. The van der Waals surface area contributed by atoms with Crippen molar-refractivity contribution in [2.45, 2.75) is 67.5 Å². The van der Waals surface area contributed by atoms with Crippen molar-refractivity contribution >= 4 is 0 Å². The standard InChI is InChI=1S/C18H30O12/c1-2-3-25-4-8(19)5-26-6-9-11(20)12(21)13(22)18(29-9)30-15-10-7-27-16(15)14(23)17(24)28-10/h2,8-24H,1,3-7H2/t8-,9+,10-,11+,12-,13+,14+,15-,16+,17+,18-/m1/s1. The maximum Gasteiger partial charge on any atom is 0.187 e. The van der Waals surface area contributed by atoms with Crippen molar-refractivity contribution in [3.8, 4) is 0 Å². The molecule has 6 N–H and O–H groups in total. The largest absolute Gasteiger partial charge is 0.388 e. The Hall–Kier alpha value is -0.740. The molecule has 0 saturated carbocycles. The first-order valence-corrected chi connectivity index (χ1v) is 9.76. The van der Waals surface area contributed by atoms with Crippen molar-refractivity contribution in [1.82, 2.24) is 0 Å².